The summed E-state index contributed by atoms with van der Waals surface area (Å²) in [6, 6.07) is 19.9. The van der Waals surface area contributed by atoms with Gasteiger partial charge in [0.15, 0.2) is 0 Å². The van der Waals surface area contributed by atoms with Crippen molar-refractivity contribution in [1.82, 2.24) is 9.97 Å². The van der Waals surface area contributed by atoms with Crippen LogP contribution in [0.3, 0.4) is 0 Å². The van der Waals surface area contributed by atoms with Crippen molar-refractivity contribution in [1.29, 1.82) is 0 Å². The van der Waals surface area contributed by atoms with Crippen LogP contribution in [0, 0.1) is 0 Å². The fourth-order valence-electron chi connectivity index (χ4n) is 5.75. The number of aliphatic imine (C=N–C) groups is 2. The summed E-state index contributed by atoms with van der Waals surface area (Å²) in [6.45, 7) is 24.2. The van der Waals surface area contributed by atoms with Crippen LogP contribution in [0.25, 0.3) is 50.0 Å². The van der Waals surface area contributed by atoms with Crippen molar-refractivity contribution in [2.24, 2.45) is 9.98 Å². The van der Waals surface area contributed by atoms with Gasteiger partial charge in [-0.25, -0.2) is 9.97 Å². The Labute approximate surface area is 283 Å². The molecule has 5 aromatic rings. The molecule has 0 radical (unpaired) electrons. The van der Waals surface area contributed by atoms with Gasteiger partial charge in [0.1, 0.15) is 11.5 Å². The van der Waals surface area contributed by atoms with E-state index in [2.05, 4.69) is 64.7 Å². The summed E-state index contributed by atoms with van der Waals surface area (Å²) >= 11 is 0. The Bertz CT molecular complexity index is 2170. The number of aromatic nitrogens is 2. The number of hydrogen-bond donors (Lipinski definition) is 2. The van der Waals surface area contributed by atoms with Gasteiger partial charge < -0.3 is 10.2 Å². The molecule has 0 saturated carbocycles. The molecule has 2 aromatic heterocycles. The first kappa shape index (κ1) is 34.0. The topological polar surface area (TPSA) is 91.0 Å². The minimum absolute atomic E-state index is 0.0650. The summed E-state index contributed by atoms with van der Waals surface area (Å²) in [5, 5.41) is 25.1. The summed E-state index contributed by atoms with van der Waals surface area (Å²) < 4.78 is 0. The highest BCUT2D eigenvalue weighted by atomic mass is 16.3. The molecule has 0 aliphatic rings. The third-order valence-corrected chi connectivity index (χ3v) is 8.54. The molecule has 0 aliphatic heterocycles. The summed E-state index contributed by atoms with van der Waals surface area (Å²) in [7, 11) is 0. The van der Waals surface area contributed by atoms with Gasteiger partial charge in [-0.2, -0.15) is 0 Å². The van der Waals surface area contributed by atoms with Crippen molar-refractivity contribution in [2.45, 2.75) is 66.2 Å². The van der Waals surface area contributed by atoms with E-state index in [1.54, 1.807) is 12.3 Å². The average Bonchev–Trinajstić information content (AvgIpc) is 3.05. The minimum Gasteiger partial charge on any atom is -0.507 e. The molecule has 3 aromatic carbocycles. The van der Waals surface area contributed by atoms with Gasteiger partial charge in [-0.05, 0) is 78.3 Å². The maximum Gasteiger partial charge on any atom is 0.134 e. The molecule has 0 atom stereocenters. The van der Waals surface area contributed by atoms with E-state index in [0.717, 1.165) is 21.9 Å². The van der Waals surface area contributed by atoms with Gasteiger partial charge in [0, 0.05) is 45.4 Å². The maximum atomic E-state index is 11.7. The number of nitrogens with zero attached hydrogens (tertiary/aromatic N) is 4. The molecule has 244 valence electrons. The summed E-state index contributed by atoms with van der Waals surface area (Å²) in [6.07, 6.45) is 6.68. The third-order valence-electron chi connectivity index (χ3n) is 8.54. The smallest absolute Gasteiger partial charge is 0.134 e. The second-order valence-corrected chi connectivity index (χ2v) is 13.9. The Morgan fingerprint density at radius 2 is 1.15 bits per heavy atom. The number of hydrogen-bond acceptors (Lipinski definition) is 6. The van der Waals surface area contributed by atoms with Crippen molar-refractivity contribution in [3.63, 3.8) is 0 Å². The van der Waals surface area contributed by atoms with E-state index in [4.69, 9.17) is 9.97 Å². The quantitative estimate of drug-likeness (QED) is 0.137. The lowest BCUT2D eigenvalue weighted by Gasteiger charge is -2.23. The van der Waals surface area contributed by atoms with Crippen LogP contribution in [-0.2, 0) is 10.8 Å². The van der Waals surface area contributed by atoms with Gasteiger partial charge >= 0.3 is 0 Å². The molecular weight excluding hydrogens is 592 g/mol. The molecule has 6 nitrogen and oxygen atoms in total. The molecule has 6 heteroatoms. The van der Waals surface area contributed by atoms with Crippen LogP contribution in [0.1, 0.15) is 77.6 Å². The summed E-state index contributed by atoms with van der Waals surface area (Å²) in [5.74, 6) is 0.188. The second kappa shape index (κ2) is 13.0. The number of fused-ring (bicyclic) bond motifs is 3. The molecule has 0 amide bonds. The summed E-state index contributed by atoms with van der Waals surface area (Å²) in [4.78, 5) is 19.2. The van der Waals surface area contributed by atoms with Crippen LogP contribution in [-0.4, -0.2) is 32.1 Å². The van der Waals surface area contributed by atoms with Gasteiger partial charge in [0.25, 0.3) is 0 Å². The first-order chi connectivity index (χ1) is 22.7. The zero-order valence-corrected chi connectivity index (χ0v) is 29.2. The number of allylic oxidation sites excluding steroid dienone is 2. The predicted molar refractivity (Wildman–Crippen MR) is 203 cm³/mol. The van der Waals surface area contributed by atoms with E-state index in [1.807, 2.05) is 80.6 Å². The monoisotopic (exact) mass is 636 g/mol. The van der Waals surface area contributed by atoms with Crippen LogP contribution >= 0.6 is 0 Å². The molecule has 0 saturated heterocycles. The normalized spacial score (nSPS) is 13.1. The molecule has 48 heavy (non-hydrogen) atoms. The lowest BCUT2D eigenvalue weighted by atomic mass is 9.83. The average molecular weight is 637 g/mol. The van der Waals surface area contributed by atoms with Crippen molar-refractivity contribution < 1.29 is 10.2 Å². The van der Waals surface area contributed by atoms with Crippen molar-refractivity contribution in [2.75, 3.05) is 0 Å². The van der Waals surface area contributed by atoms with Crippen molar-refractivity contribution >= 4 is 39.4 Å². The summed E-state index contributed by atoms with van der Waals surface area (Å²) in [5.41, 5.74) is 7.92. The molecule has 0 spiro atoms. The third kappa shape index (κ3) is 6.43. The Balaban J connectivity index is 1.79. The van der Waals surface area contributed by atoms with Gasteiger partial charge in [-0.15, -0.1) is 0 Å². The van der Waals surface area contributed by atoms with Crippen molar-refractivity contribution in [3.8, 4) is 34.0 Å². The molecule has 0 unspecified atom stereocenters. The maximum absolute atomic E-state index is 11.7. The Morgan fingerprint density at radius 3 is 1.56 bits per heavy atom. The van der Waals surface area contributed by atoms with Gasteiger partial charge in [-0.1, -0.05) is 85.0 Å². The van der Waals surface area contributed by atoms with Crippen molar-refractivity contribution in [3.05, 3.63) is 114 Å². The molecular formula is C42H44N4O2. The number of phenols is 2. The fourth-order valence-corrected chi connectivity index (χ4v) is 5.75. The predicted octanol–water partition coefficient (Wildman–Crippen LogP) is 10.7. The van der Waals surface area contributed by atoms with E-state index < -0.39 is 0 Å². The first-order valence-corrected chi connectivity index (χ1v) is 16.1. The highest BCUT2D eigenvalue weighted by molar-refractivity contribution is 6.12. The lowest BCUT2D eigenvalue weighted by molar-refractivity contribution is 0.473. The molecule has 2 N–H and O–H groups in total. The Morgan fingerprint density at radius 1 is 0.688 bits per heavy atom. The fraction of sp³-hybridized carbons (Fsp3) is 0.238. The zero-order chi connectivity index (χ0) is 35.0. The number of pyridine rings is 2. The Kier molecular flexibility index (Phi) is 9.23. The molecule has 2 heterocycles. The Hall–Kier alpha value is -5.36. The highest BCUT2D eigenvalue weighted by Crippen LogP contribution is 2.42. The zero-order valence-electron chi connectivity index (χ0n) is 29.2. The van der Waals surface area contributed by atoms with Gasteiger partial charge in [0.2, 0.25) is 0 Å². The van der Waals surface area contributed by atoms with Crippen LogP contribution in [0.2, 0.25) is 0 Å². The number of rotatable bonds is 7. The highest BCUT2D eigenvalue weighted by Gasteiger charge is 2.24. The SMILES string of the molecule is C=CN=C(C=C)c1cc(C(C)(C)C)cc(-c2ccc3ccc4ccc(-c5cc(C(C)(C)C)cc(/C(=C/C)N=CC)c5O)nc4c3n2)c1O. The van der Waals surface area contributed by atoms with Crippen LogP contribution in [0.4, 0.5) is 0 Å². The second-order valence-electron chi connectivity index (χ2n) is 13.9. The largest absolute Gasteiger partial charge is 0.507 e. The number of benzene rings is 3. The minimum atomic E-state index is -0.213. The molecule has 5 rings (SSSR count). The van der Waals surface area contributed by atoms with E-state index in [1.165, 1.54) is 6.20 Å². The van der Waals surface area contributed by atoms with Crippen LogP contribution < -0.4 is 0 Å². The van der Waals surface area contributed by atoms with E-state index in [9.17, 15) is 10.2 Å². The number of phenolic OH excluding ortho intramolecular Hbond substituents is 2. The molecule has 0 bridgehead atoms. The van der Waals surface area contributed by atoms with Gasteiger partial charge in [0.05, 0.1) is 33.8 Å². The van der Waals surface area contributed by atoms with Crippen LogP contribution in [0.5, 0.6) is 11.5 Å². The van der Waals surface area contributed by atoms with E-state index >= 15 is 0 Å². The molecule has 0 fully saturated rings. The van der Waals surface area contributed by atoms with E-state index in [0.29, 0.717) is 56.1 Å². The van der Waals surface area contributed by atoms with E-state index in [-0.39, 0.29) is 22.3 Å². The lowest BCUT2D eigenvalue weighted by Crippen LogP contribution is -2.13. The van der Waals surface area contributed by atoms with Gasteiger partial charge in [-0.3, -0.25) is 9.98 Å². The standard InChI is InChI=1S/C42H44N4O2/c1-11-33(43-13-3)29-21-27(41(5,6)7)23-31(39(29)47)35-19-17-25-15-16-26-18-20-36(46-38(26)37(25)45-35)32-24-28(42(8,9)10)22-30(40(32)48)34(12-2)44-14-4/h11-24,47-48H,1,3H2,2,4-10H3/b34-12-,43-33?,44-14?. The first-order valence-electron chi connectivity index (χ1n) is 16.1. The number of aromatic hydroxyl groups is 2. The molecule has 0 aliphatic carbocycles. The van der Waals surface area contributed by atoms with Crippen LogP contribution in [0.15, 0.2) is 102 Å².